The highest BCUT2D eigenvalue weighted by atomic mass is 16.5. The largest absolute Gasteiger partial charge is 0.493 e. The van der Waals surface area contributed by atoms with Gasteiger partial charge in [0.25, 0.3) is 0 Å². The summed E-state index contributed by atoms with van der Waals surface area (Å²) >= 11 is 0. The molecule has 2 aromatic rings. The number of fused-ring (bicyclic) bond motifs is 1. The molecular formula is C17H19NO. The second-order valence-corrected chi connectivity index (χ2v) is 4.97. The first-order valence-electron chi connectivity index (χ1n) is 6.81. The molecule has 98 valence electrons. The molecule has 2 nitrogen and oxygen atoms in total. The van der Waals surface area contributed by atoms with Gasteiger partial charge in [-0.1, -0.05) is 44.5 Å². The summed E-state index contributed by atoms with van der Waals surface area (Å²) in [5.41, 5.74) is 0.699. The van der Waals surface area contributed by atoms with E-state index in [0.717, 1.165) is 23.1 Å². The minimum Gasteiger partial charge on any atom is -0.493 e. The molecule has 0 aromatic heterocycles. The molecule has 0 amide bonds. The van der Waals surface area contributed by atoms with Gasteiger partial charge in [-0.05, 0) is 24.5 Å². The molecule has 0 heterocycles. The molecule has 0 fully saturated rings. The second-order valence-electron chi connectivity index (χ2n) is 4.97. The molecule has 0 saturated carbocycles. The Morgan fingerprint density at radius 2 is 1.89 bits per heavy atom. The summed E-state index contributed by atoms with van der Waals surface area (Å²) in [7, 11) is 0. The first-order valence-corrected chi connectivity index (χ1v) is 6.81. The van der Waals surface area contributed by atoms with E-state index in [1.54, 1.807) is 0 Å². The molecule has 1 unspecified atom stereocenters. The molecule has 0 spiro atoms. The molecular weight excluding hydrogens is 234 g/mol. The standard InChI is InChI=1S/C17H19NO/c1-3-6-13(2)12-19-17-10-9-14(11-18)15-7-4-5-8-16(15)17/h4-5,7-10,13H,3,6,12H2,1-2H3. The predicted octanol–water partition coefficient (Wildman–Crippen LogP) is 4.53. The smallest absolute Gasteiger partial charge is 0.127 e. The molecule has 0 N–H and O–H groups in total. The minimum absolute atomic E-state index is 0.555. The highest BCUT2D eigenvalue weighted by Gasteiger charge is 2.08. The van der Waals surface area contributed by atoms with Gasteiger partial charge in [0.15, 0.2) is 0 Å². The van der Waals surface area contributed by atoms with E-state index < -0.39 is 0 Å². The maximum absolute atomic E-state index is 9.12. The molecule has 0 saturated heterocycles. The lowest BCUT2D eigenvalue weighted by Crippen LogP contribution is -2.08. The molecule has 0 radical (unpaired) electrons. The summed E-state index contributed by atoms with van der Waals surface area (Å²) in [4.78, 5) is 0. The maximum atomic E-state index is 9.12. The van der Waals surface area contributed by atoms with Crippen LogP contribution in [0.4, 0.5) is 0 Å². The first kappa shape index (κ1) is 13.4. The van der Waals surface area contributed by atoms with Crippen LogP contribution in [-0.4, -0.2) is 6.61 Å². The molecule has 2 aromatic carbocycles. The van der Waals surface area contributed by atoms with Crippen molar-refractivity contribution in [1.29, 1.82) is 5.26 Å². The molecule has 0 aliphatic rings. The van der Waals surface area contributed by atoms with Gasteiger partial charge < -0.3 is 4.74 Å². The van der Waals surface area contributed by atoms with Crippen LogP contribution in [0.3, 0.4) is 0 Å². The highest BCUT2D eigenvalue weighted by Crippen LogP contribution is 2.28. The third-order valence-corrected chi connectivity index (χ3v) is 3.31. The molecule has 2 heteroatoms. The van der Waals surface area contributed by atoms with Crippen molar-refractivity contribution < 1.29 is 4.74 Å². The fraction of sp³-hybridized carbons (Fsp3) is 0.353. The molecule has 19 heavy (non-hydrogen) atoms. The number of nitrogens with zero attached hydrogens (tertiary/aromatic N) is 1. The Labute approximate surface area is 114 Å². The van der Waals surface area contributed by atoms with Crippen LogP contribution < -0.4 is 4.74 Å². The second kappa shape index (κ2) is 6.24. The number of hydrogen-bond acceptors (Lipinski definition) is 2. The Bertz CT molecular complexity index is 598. The fourth-order valence-electron chi connectivity index (χ4n) is 2.30. The van der Waals surface area contributed by atoms with Crippen molar-refractivity contribution in [2.45, 2.75) is 26.7 Å². The third kappa shape index (κ3) is 3.06. The van der Waals surface area contributed by atoms with E-state index in [1.807, 2.05) is 36.4 Å². The van der Waals surface area contributed by atoms with Gasteiger partial charge in [0, 0.05) is 10.8 Å². The van der Waals surface area contributed by atoms with Crippen molar-refractivity contribution >= 4 is 10.8 Å². The molecule has 0 bridgehead atoms. The zero-order valence-corrected chi connectivity index (χ0v) is 11.5. The van der Waals surface area contributed by atoms with Crippen LogP contribution in [-0.2, 0) is 0 Å². The van der Waals surface area contributed by atoms with E-state index in [2.05, 4.69) is 19.9 Å². The van der Waals surface area contributed by atoms with Crippen LogP contribution in [0.5, 0.6) is 5.75 Å². The van der Waals surface area contributed by atoms with E-state index in [1.165, 1.54) is 12.8 Å². The SMILES string of the molecule is CCCC(C)COc1ccc(C#N)c2ccccc12. The quantitative estimate of drug-likeness (QED) is 0.784. The lowest BCUT2D eigenvalue weighted by atomic mass is 10.0. The normalized spacial score (nSPS) is 12.1. The zero-order chi connectivity index (χ0) is 13.7. The van der Waals surface area contributed by atoms with Crippen LogP contribution in [0.2, 0.25) is 0 Å². The fourth-order valence-corrected chi connectivity index (χ4v) is 2.30. The summed E-state index contributed by atoms with van der Waals surface area (Å²) in [6.45, 7) is 5.12. The Balaban J connectivity index is 2.27. The Hall–Kier alpha value is -2.01. The van der Waals surface area contributed by atoms with Crippen molar-refractivity contribution in [3.05, 3.63) is 42.0 Å². The van der Waals surface area contributed by atoms with Gasteiger partial charge in [-0.15, -0.1) is 0 Å². The summed E-state index contributed by atoms with van der Waals surface area (Å²) in [6, 6.07) is 13.9. The summed E-state index contributed by atoms with van der Waals surface area (Å²) < 4.78 is 5.92. The van der Waals surface area contributed by atoms with Gasteiger partial charge in [-0.3, -0.25) is 0 Å². The van der Waals surface area contributed by atoms with Crippen LogP contribution in [0.15, 0.2) is 36.4 Å². The number of hydrogen-bond donors (Lipinski definition) is 0. The van der Waals surface area contributed by atoms with E-state index in [0.29, 0.717) is 11.5 Å². The van der Waals surface area contributed by atoms with E-state index in [4.69, 9.17) is 10.00 Å². The number of benzene rings is 2. The van der Waals surface area contributed by atoms with E-state index in [-0.39, 0.29) is 0 Å². The first-order chi connectivity index (χ1) is 9.26. The lowest BCUT2D eigenvalue weighted by Gasteiger charge is -2.14. The minimum atomic E-state index is 0.555. The van der Waals surface area contributed by atoms with Gasteiger partial charge in [0.2, 0.25) is 0 Å². The van der Waals surface area contributed by atoms with E-state index >= 15 is 0 Å². The molecule has 1 atom stereocenters. The van der Waals surface area contributed by atoms with Gasteiger partial charge in [-0.2, -0.15) is 5.26 Å². The van der Waals surface area contributed by atoms with Crippen molar-refractivity contribution in [3.8, 4) is 11.8 Å². The zero-order valence-electron chi connectivity index (χ0n) is 11.5. The van der Waals surface area contributed by atoms with Crippen LogP contribution in [0.1, 0.15) is 32.3 Å². The maximum Gasteiger partial charge on any atom is 0.127 e. The molecule has 2 rings (SSSR count). The molecule has 0 aliphatic carbocycles. The summed E-state index contributed by atoms with van der Waals surface area (Å²) in [5, 5.41) is 11.1. The number of nitriles is 1. The highest BCUT2D eigenvalue weighted by molar-refractivity contribution is 5.92. The number of ether oxygens (including phenoxy) is 1. The van der Waals surface area contributed by atoms with Crippen molar-refractivity contribution in [3.63, 3.8) is 0 Å². The number of rotatable bonds is 5. The Morgan fingerprint density at radius 1 is 1.16 bits per heavy atom. The van der Waals surface area contributed by atoms with Gasteiger partial charge in [-0.25, -0.2) is 0 Å². The van der Waals surface area contributed by atoms with Crippen LogP contribution in [0.25, 0.3) is 10.8 Å². The summed E-state index contributed by atoms with van der Waals surface area (Å²) in [5.74, 6) is 1.43. The predicted molar refractivity (Wildman–Crippen MR) is 78.2 cm³/mol. The third-order valence-electron chi connectivity index (χ3n) is 3.31. The van der Waals surface area contributed by atoms with Crippen LogP contribution >= 0.6 is 0 Å². The summed E-state index contributed by atoms with van der Waals surface area (Å²) in [6.07, 6.45) is 2.35. The van der Waals surface area contributed by atoms with Gasteiger partial charge in [0.05, 0.1) is 18.2 Å². The Morgan fingerprint density at radius 3 is 2.58 bits per heavy atom. The molecule has 0 aliphatic heterocycles. The van der Waals surface area contributed by atoms with Crippen molar-refractivity contribution in [2.75, 3.05) is 6.61 Å². The van der Waals surface area contributed by atoms with Gasteiger partial charge in [0.1, 0.15) is 5.75 Å². The lowest BCUT2D eigenvalue weighted by molar-refractivity contribution is 0.254. The van der Waals surface area contributed by atoms with Gasteiger partial charge >= 0.3 is 0 Å². The van der Waals surface area contributed by atoms with Crippen molar-refractivity contribution in [2.24, 2.45) is 5.92 Å². The Kier molecular flexibility index (Phi) is 4.41. The monoisotopic (exact) mass is 253 g/mol. The van der Waals surface area contributed by atoms with Crippen molar-refractivity contribution in [1.82, 2.24) is 0 Å². The average Bonchev–Trinajstić information content (AvgIpc) is 2.45. The average molecular weight is 253 g/mol. The van der Waals surface area contributed by atoms with Crippen LogP contribution in [0, 0.1) is 17.2 Å². The van der Waals surface area contributed by atoms with E-state index in [9.17, 15) is 0 Å². The topological polar surface area (TPSA) is 33.0 Å².